The summed E-state index contributed by atoms with van der Waals surface area (Å²) in [5.41, 5.74) is 6.61. The molecule has 2 fully saturated rings. The largest absolute Gasteiger partial charge is 0.401 e. The first-order valence-electron chi connectivity index (χ1n) is 8.02. The predicted molar refractivity (Wildman–Crippen MR) is 84.7 cm³/mol. The molecule has 0 spiro atoms. The Hall–Kier alpha value is -1.23. The number of hydrogen-bond acceptors (Lipinski definition) is 4. The smallest absolute Gasteiger partial charge is 0.247 e. The maximum atomic E-state index is 12.9. The van der Waals surface area contributed by atoms with E-state index >= 15 is 0 Å². The summed E-state index contributed by atoms with van der Waals surface area (Å²) in [6.07, 6.45) is 6.19. The fourth-order valence-corrected chi connectivity index (χ4v) is 3.13. The van der Waals surface area contributed by atoms with E-state index in [1.165, 1.54) is 0 Å². The first kappa shape index (κ1) is 16.1. The van der Waals surface area contributed by atoms with E-state index < -0.39 is 0 Å². The van der Waals surface area contributed by atoms with Gasteiger partial charge in [0.2, 0.25) is 5.91 Å². The highest BCUT2D eigenvalue weighted by Crippen LogP contribution is 2.34. The molecule has 0 aromatic rings. The van der Waals surface area contributed by atoms with Gasteiger partial charge in [-0.3, -0.25) is 4.79 Å². The molecule has 5 heteroatoms. The standard InChI is InChI=1S/C16H30N4O/c1-11-6-5-9-19(11)15(21)14(16(2,3)4)20(18)10-13(17)12-7-8-12/h10-12,14H,5-9,17-18H2,1-4H3/b13-10-. The van der Waals surface area contributed by atoms with E-state index in [1.807, 2.05) is 4.90 Å². The molecule has 2 rings (SSSR count). The highest BCUT2D eigenvalue weighted by Gasteiger charge is 2.40. The van der Waals surface area contributed by atoms with Crippen LogP contribution in [0.5, 0.6) is 0 Å². The lowest BCUT2D eigenvalue weighted by Crippen LogP contribution is -2.56. The van der Waals surface area contributed by atoms with Crippen LogP contribution in [0, 0.1) is 11.3 Å². The van der Waals surface area contributed by atoms with E-state index in [0.29, 0.717) is 12.0 Å². The Bertz CT molecular complexity index is 422. The van der Waals surface area contributed by atoms with Crippen LogP contribution >= 0.6 is 0 Å². The second-order valence-electron chi connectivity index (χ2n) is 7.64. The van der Waals surface area contributed by atoms with Crippen LogP contribution in [0.15, 0.2) is 11.9 Å². The molecule has 2 atom stereocenters. The number of carbonyl (C=O) groups is 1. The van der Waals surface area contributed by atoms with Gasteiger partial charge in [-0.2, -0.15) is 0 Å². The minimum absolute atomic E-state index is 0.120. The molecule has 1 heterocycles. The number of likely N-dealkylation sites (tertiary alicyclic amines) is 1. The minimum atomic E-state index is -0.379. The number of hydrogen-bond donors (Lipinski definition) is 2. The third-order valence-corrected chi connectivity index (χ3v) is 4.54. The molecule has 0 bridgehead atoms. The van der Waals surface area contributed by atoms with Crippen LogP contribution < -0.4 is 11.6 Å². The molecule has 1 aliphatic heterocycles. The Labute approximate surface area is 128 Å². The van der Waals surface area contributed by atoms with Gasteiger partial charge in [-0.05, 0) is 38.0 Å². The van der Waals surface area contributed by atoms with Gasteiger partial charge in [-0.15, -0.1) is 0 Å². The number of nitrogens with two attached hydrogens (primary N) is 2. The average molecular weight is 294 g/mol. The Morgan fingerprint density at radius 1 is 1.33 bits per heavy atom. The minimum Gasteiger partial charge on any atom is -0.401 e. The molecule has 1 aliphatic carbocycles. The molecular formula is C16H30N4O. The van der Waals surface area contributed by atoms with Crippen molar-refractivity contribution >= 4 is 5.91 Å². The highest BCUT2D eigenvalue weighted by molar-refractivity contribution is 5.83. The van der Waals surface area contributed by atoms with E-state index in [-0.39, 0.29) is 17.4 Å². The summed E-state index contributed by atoms with van der Waals surface area (Å²) in [7, 11) is 0. The van der Waals surface area contributed by atoms with Crippen molar-refractivity contribution in [2.24, 2.45) is 22.9 Å². The van der Waals surface area contributed by atoms with E-state index in [1.54, 1.807) is 11.2 Å². The van der Waals surface area contributed by atoms with Crippen LogP contribution in [0.3, 0.4) is 0 Å². The van der Waals surface area contributed by atoms with Crippen LogP contribution in [0.2, 0.25) is 0 Å². The van der Waals surface area contributed by atoms with Crippen molar-refractivity contribution in [3.8, 4) is 0 Å². The summed E-state index contributed by atoms with van der Waals surface area (Å²) in [6, 6.07) is -0.0733. The van der Waals surface area contributed by atoms with E-state index in [2.05, 4.69) is 27.7 Å². The highest BCUT2D eigenvalue weighted by atomic mass is 16.2. The molecule has 1 saturated heterocycles. The van der Waals surface area contributed by atoms with Gasteiger partial charge in [-0.1, -0.05) is 20.8 Å². The normalized spacial score (nSPS) is 25.1. The summed E-state index contributed by atoms with van der Waals surface area (Å²) in [4.78, 5) is 14.9. The van der Waals surface area contributed by atoms with Crippen LogP contribution in [-0.2, 0) is 4.79 Å². The summed E-state index contributed by atoms with van der Waals surface area (Å²) in [5.74, 6) is 6.79. The van der Waals surface area contributed by atoms with Crippen molar-refractivity contribution < 1.29 is 4.79 Å². The predicted octanol–water partition coefficient (Wildman–Crippen LogP) is 1.80. The van der Waals surface area contributed by atoms with Crippen molar-refractivity contribution in [1.29, 1.82) is 0 Å². The molecule has 4 N–H and O–H groups in total. The molecule has 1 saturated carbocycles. The molecule has 0 radical (unpaired) electrons. The van der Waals surface area contributed by atoms with Gasteiger partial charge >= 0.3 is 0 Å². The molecule has 2 unspecified atom stereocenters. The van der Waals surface area contributed by atoms with Crippen LogP contribution in [0.25, 0.3) is 0 Å². The SMILES string of the molecule is CC1CCCN1C(=O)C(N(N)/C=C(\N)C1CC1)C(C)(C)C. The van der Waals surface area contributed by atoms with Crippen molar-refractivity contribution in [2.75, 3.05) is 6.54 Å². The molecule has 0 aromatic heterocycles. The van der Waals surface area contributed by atoms with Gasteiger partial charge in [-0.25, -0.2) is 5.84 Å². The molecule has 1 amide bonds. The Morgan fingerprint density at radius 3 is 2.38 bits per heavy atom. The third kappa shape index (κ3) is 3.70. The molecule has 0 aromatic carbocycles. The zero-order chi connectivity index (χ0) is 15.8. The van der Waals surface area contributed by atoms with Gasteiger partial charge in [0.1, 0.15) is 6.04 Å². The monoisotopic (exact) mass is 294 g/mol. The summed E-state index contributed by atoms with van der Waals surface area (Å²) in [5, 5.41) is 1.54. The Morgan fingerprint density at radius 2 is 1.95 bits per heavy atom. The van der Waals surface area contributed by atoms with Crippen LogP contribution in [0.1, 0.15) is 53.4 Å². The van der Waals surface area contributed by atoms with Gasteiger partial charge in [0, 0.05) is 30.4 Å². The van der Waals surface area contributed by atoms with Crippen molar-refractivity contribution in [2.45, 2.75) is 65.5 Å². The summed E-state index contributed by atoms with van der Waals surface area (Å²) in [6.45, 7) is 9.11. The second-order valence-corrected chi connectivity index (χ2v) is 7.64. The van der Waals surface area contributed by atoms with Crippen molar-refractivity contribution in [3.63, 3.8) is 0 Å². The zero-order valence-corrected chi connectivity index (χ0v) is 13.8. The van der Waals surface area contributed by atoms with E-state index in [0.717, 1.165) is 37.9 Å². The second kappa shape index (κ2) is 5.87. The molecular weight excluding hydrogens is 264 g/mol. The van der Waals surface area contributed by atoms with Gasteiger partial charge in [0.05, 0.1) is 0 Å². The lowest BCUT2D eigenvalue weighted by molar-refractivity contribution is -0.140. The average Bonchev–Trinajstić information content (AvgIpc) is 3.10. The summed E-state index contributed by atoms with van der Waals surface area (Å²) < 4.78 is 0. The van der Waals surface area contributed by atoms with Gasteiger partial charge in [0.25, 0.3) is 0 Å². The lowest BCUT2D eigenvalue weighted by atomic mass is 9.85. The zero-order valence-electron chi connectivity index (χ0n) is 13.8. The fraction of sp³-hybridized carbons (Fsp3) is 0.812. The summed E-state index contributed by atoms with van der Waals surface area (Å²) >= 11 is 0. The third-order valence-electron chi connectivity index (χ3n) is 4.54. The van der Waals surface area contributed by atoms with Crippen LogP contribution in [0.4, 0.5) is 0 Å². The number of carbonyl (C=O) groups excluding carboxylic acids is 1. The first-order valence-corrected chi connectivity index (χ1v) is 8.02. The van der Waals surface area contributed by atoms with Crippen molar-refractivity contribution in [1.82, 2.24) is 9.91 Å². The molecule has 21 heavy (non-hydrogen) atoms. The number of amides is 1. The number of rotatable bonds is 4. The fourth-order valence-electron chi connectivity index (χ4n) is 3.13. The molecule has 5 nitrogen and oxygen atoms in total. The molecule has 2 aliphatic rings. The van der Waals surface area contributed by atoms with Crippen molar-refractivity contribution in [3.05, 3.63) is 11.9 Å². The maximum Gasteiger partial charge on any atom is 0.247 e. The van der Waals surface area contributed by atoms with Crippen LogP contribution in [-0.4, -0.2) is 34.4 Å². The maximum absolute atomic E-state index is 12.9. The van der Waals surface area contributed by atoms with Gasteiger partial charge < -0.3 is 15.6 Å². The number of nitrogens with zero attached hydrogens (tertiary/aromatic N) is 2. The molecule has 120 valence electrons. The quantitative estimate of drug-likeness (QED) is 0.612. The Kier molecular flexibility index (Phi) is 4.51. The van der Waals surface area contributed by atoms with Gasteiger partial charge in [0.15, 0.2) is 0 Å². The number of allylic oxidation sites excluding steroid dienone is 1. The lowest BCUT2D eigenvalue weighted by Gasteiger charge is -2.39. The number of hydrazine groups is 1. The van der Waals surface area contributed by atoms with E-state index in [4.69, 9.17) is 11.6 Å². The topological polar surface area (TPSA) is 75.6 Å². The van der Waals surface area contributed by atoms with E-state index in [9.17, 15) is 4.79 Å². The Balaban J connectivity index is 2.17. The first-order chi connectivity index (χ1) is 9.71.